The lowest BCUT2D eigenvalue weighted by Crippen LogP contribution is -2.34. The van der Waals surface area contributed by atoms with E-state index in [0.29, 0.717) is 11.2 Å². The van der Waals surface area contributed by atoms with Gasteiger partial charge in [0, 0.05) is 20.1 Å². The van der Waals surface area contributed by atoms with Crippen LogP contribution in [-0.4, -0.2) is 44.0 Å². The van der Waals surface area contributed by atoms with Crippen LogP contribution in [0, 0.1) is 0 Å². The van der Waals surface area contributed by atoms with Crippen LogP contribution in [0.15, 0.2) is 11.0 Å². The van der Waals surface area contributed by atoms with Crippen molar-refractivity contribution in [1.29, 1.82) is 0 Å². The molecular weight excluding hydrogens is 318 g/mol. The summed E-state index contributed by atoms with van der Waals surface area (Å²) >= 11 is 5.93. The Balaban J connectivity index is 2.15. The average molecular weight is 338 g/mol. The van der Waals surface area contributed by atoms with Gasteiger partial charge in [-0.25, -0.2) is 9.78 Å². The van der Waals surface area contributed by atoms with Crippen molar-refractivity contribution in [2.24, 2.45) is 0 Å². The number of hydrogen-bond donors (Lipinski definition) is 0. The first-order valence-electron chi connectivity index (χ1n) is 7.82. The zero-order valence-electron chi connectivity index (χ0n) is 13.3. The summed E-state index contributed by atoms with van der Waals surface area (Å²) in [5.41, 5.74) is 0.868. The van der Waals surface area contributed by atoms with Crippen LogP contribution in [0.1, 0.15) is 38.1 Å². The lowest BCUT2D eigenvalue weighted by molar-refractivity contribution is -0.129. The van der Waals surface area contributed by atoms with Gasteiger partial charge in [-0.15, -0.1) is 0 Å². The minimum absolute atomic E-state index is 0.0208. The van der Waals surface area contributed by atoms with E-state index < -0.39 is 0 Å². The molecule has 0 aromatic carbocycles. The third kappa shape index (κ3) is 2.97. The van der Waals surface area contributed by atoms with Crippen LogP contribution < -0.4 is 5.69 Å². The molecule has 0 radical (unpaired) electrons. The number of rotatable bonds is 3. The quantitative estimate of drug-likeness (QED) is 0.801. The van der Waals surface area contributed by atoms with E-state index in [1.807, 2.05) is 0 Å². The molecular formula is C15H20ClN5O2. The van der Waals surface area contributed by atoms with Crippen LogP contribution in [0.3, 0.4) is 0 Å². The fourth-order valence-corrected chi connectivity index (χ4v) is 3.26. The largest absolute Gasteiger partial charge is 0.347 e. The van der Waals surface area contributed by atoms with Gasteiger partial charge in [-0.2, -0.15) is 4.98 Å². The predicted molar refractivity (Wildman–Crippen MR) is 87.6 cm³/mol. The molecule has 1 amide bonds. The Morgan fingerprint density at radius 3 is 2.70 bits per heavy atom. The number of imidazole rings is 1. The molecule has 1 aliphatic rings. The number of carbonyl (C=O) groups is 1. The van der Waals surface area contributed by atoms with E-state index in [1.165, 1.54) is 22.1 Å². The van der Waals surface area contributed by atoms with E-state index in [9.17, 15) is 9.59 Å². The number of carbonyl (C=O) groups excluding carboxylic acids is 1. The fourth-order valence-electron chi connectivity index (χ4n) is 3.13. The third-order valence-electron chi connectivity index (χ3n) is 4.41. The van der Waals surface area contributed by atoms with Crippen molar-refractivity contribution in [3.05, 3.63) is 22.0 Å². The lowest BCUT2D eigenvalue weighted by atomic mass is 9.95. The zero-order chi connectivity index (χ0) is 16.6. The summed E-state index contributed by atoms with van der Waals surface area (Å²) in [6, 6.07) is 0.112. The van der Waals surface area contributed by atoms with Crippen molar-refractivity contribution in [2.75, 3.05) is 14.1 Å². The smallest absolute Gasteiger partial charge is 0.331 e. The molecule has 23 heavy (non-hydrogen) atoms. The third-order valence-corrected chi connectivity index (χ3v) is 4.59. The topological polar surface area (TPSA) is 73.0 Å². The number of amides is 1. The van der Waals surface area contributed by atoms with Crippen LogP contribution >= 0.6 is 11.6 Å². The van der Waals surface area contributed by atoms with Crippen molar-refractivity contribution >= 4 is 28.7 Å². The van der Waals surface area contributed by atoms with Gasteiger partial charge in [0.1, 0.15) is 12.1 Å². The predicted octanol–water partition coefficient (Wildman–Crippen LogP) is 1.84. The van der Waals surface area contributed by atoms with Crippen molar-refractivity contribution in [1.82, 2.24) is 24.0 Å². The van der Waals surface area contributed by atoms with Crippen LogP contribution in [0.25, 0.3) is 11.2 Å². The molecule has 2 aromatic heterocycles. The van der Waals surface area contributed by atoms with Crippen LogP contribution in [0.5, 0.6) is 0 Å². The molecule has 0 bridgehead atoms. The molecule has 3 rings (SSSR count). The molecule has 1 aliphatic carbocycles. The number of aromatic nitrogens is 4. The van der Waals surface area contributed by atoms with Gasteiger partial charge in [0.05, 0.1) is 6.20 Å². The SMILES string of the molecule is CN(C)C(=O)Cn1c(=O)n(C2CCCCC2)c2nc(Cl)ncc21. The Kier molecular flexibility index (Phi) is 4.39. The molecule has 8 heteroatoms. The van der Waals surface area contributed by atoms with E-state index in [2.05, 4.69) is 9.97 Å². The molecule has 0 spiro atoms. The minimum atomic E-state index is -0.210. The highest BCUT2D eigenvalue weighted by Gasteiger charge is 2.24. The molecule has 0 N–H and O–H groups in total. The van der Waals surface area contributed by atoms with Gasteiger partial charge in [-0.3, -0.25) is 13.9 Å². The molecule has 7 nitrogen and oxygen atoms in total. The van der Waals surface area contributed by atoms with Crippen LogP contribution in [-0.2, 0) is 11.3 Å². The maximum Gasteiger partial charge on any atom is 0.331 e. The normalized spacial score (nSPS) is 16.0. The molecule has 0 unspecified atom stereocenters. The monoisotopic (exact) mass is 337 g/mol. The minimum Gasteiger partial charge on any atom is -0.347 e. The molecule has 0 saturated heterocycles. The molecule has 124 valence electrons. The highest BCUT2D eigenvalue weighted by molar-refractivity contribution is 6.28. The van der Waals surface area contributed by atoms with Gasteiger partial charge in [0.15, 0.2) is 5.65 Å². The summed E-state index contributed by atoms with van der Waals surface area (Å²) in [5.74, 6) is -0.148. The number of fused-ring (bicyclic) bond motifs is 1. The van der Waals surface area contributed by atoms with Gasteiger partial charge in [-0.1, -0.05) is 19.3 Å². The van der Waals surface area contributed by atoms with E-state index in [1.54, 1.807) is 18.7 Å². The molecule has 1 fully saturated rings. The van der Waals surface area contributed by atoms with Gasteiger partial charge in [0.25, 0.3) is 0 Å². The molecule has 2 aromatic rings. The van der Waals surface area contributed by atoms with Crippen molar-refractivity contribution < 1.29 is 4.79 Å². The second-order valence-electron chi connectivity index (χ2n) is 6.17. The highest BCUT2D eigenvalue weighted by Crippen LogP contribution is 2.29. The Hall–Kier alpha value is -1.89. The summed E-state index contributed by atoms with van der Waals surface area (Å²) in [7, 11) is 3.34. The van der Waals surface area contributed by atoms with Gasteiger partial charge in [0.2, 0.25) is 11.2 Å². The summed E-state index contributed by atoms with van der Waals surface area (Å²) < 4.78 is 3.15. The van der Waals surface area contributed by atoms with Gasteiger partial charge >= 0.3 is 5.69 Å². The Morgan fingerprint density at radius 2 is 2.04 bits per heavy atom. The Labute approximate surface area is 138 Å². The van der Waals surface area contributed by atoms with E-state index in [4.69, 9.17) is 11.6 Å². The average Bonchev–Trinajstić information content (AvgIpc) is 2.79. The van der Waals surface area contributed by atoms with E-state index in [-0.39, 0.29) is 29.5 Å². The first-order chi connectivity index (χ1) is 11.0. The number of hydrogen-bond acceptors (Lipinski definition) is 4. The summed E-state index contributed by atoms with van der Waals surface area (Å²) in [4.78, 5) is 34.6. The van der Waals surface area contributed by atoms with Crippen molar-refractivity contribution in [3.63, 3.8) is 0 Å². The maximum absolute atomic E-state index is 12.9. The number of nitrogens with zero attached hydrogens (tertiary/aromatic N) is 5. The van der Waals surface area contributed by atoms with Crippen LogP contribution in [0.2, 0.25) is 5.28 Å². The second kappa shape index (κ2) is 6.31. The lowest BCUT2D eigenvalue weighted by Gasteiger charge is -2.22. The van der Waals surface area contributed by atoms with E-state index >= 15 is 0 Å². The Morgan fingerprint density at radius 1 is 1.35 bits per heavy atom. The number of likely N-dealkylation sites (N-methyl/N-ethyl adjacent to an activating group) is 1. The van der Waals surface area contributed by atoms with Gasteiger partial charge in [-0.05, 0) is 24.4 Å². The highest BCUT2D eigenvalue weighted by atomic mass is 35.5. The zero-order valence-corrected chi connectivity index (χ0v) is 14.1. The van der Waals surface area contributed by atoms with Crippen molar-refractivity contribution in [2.45, 2.75) is 44.7 Å². The first-order valence-corrected chi connectivity index (χ1v) is 8.20. The molecule has 1 saturated carbocycles. The number of halogens is 1. The summed E-state index contributed by atoms with van der Waals surface area (Å²) in [5, 5.41) is 0.109. The van der Waals surface area contributed by atoms with Crippen LogP contribution in [0.4, 0.5) is 0 Å². The van der Waals surface area contributed by atoms with Gasteiger partial charge < -0.3 is 4.90 Å². The standard InChI is InChI=1S/C15H20ClN5O2/c1-19(2)12(22)9-20-11-8-17-14(16)18-13(11)21(15(20)23)10-6-4-3-5-7-10/h8,10H,3-7,9H2,1-2H3. The first kappa shape index (κ1) is 16.0. The van der Waals surface area contributed by atoms with Crippen molar-refractivity contribution in [3.8, 4) is 0 Å². The van der Waals surface area contributed by atoms with E-state index in [0.717, 1.165) is 25.7 Å². The fraction of sp³-hybridized carbons (Fsp3) is 0.600. The summed E-state index contributed by atoms with van der Waals surface area (Å²) in [6.07, 6.45) is 6.80. The molecule has 2 heterocycles. The maximum atomic E-state index is 12.9. The molecule has 0 aliphatic heterocycles. The Bertz CT molecular complexity index is 789. The summed E-state index contributed by atoms with van der Waals surface area (Å²) in [6.45, 7) is -0.0208. The molecule has 0 atom stereocenters. The second-order valence-corrected chi connectivity index (χ2v) is 6.50.